The first-order valence-corrected chi connectivity index (χ1v) is 13.7. The van der Waals surface area contributed by atoms with Crippen molar-refractivity contribution >= 4 is 18.5 Å². The molecule has 8 heteroatoms. The van der Waals surface area contributed by atoms with Crippen molar-refractivity contribution in [1.82, 2.24) is 0 Å². The molecule has 0 spiro atoms. The number of allylic oxidation sites excluding steroid dienone is 2. The summed E-state index contributed by atoms with van der Waals surface area (Å²) in [7, 11) is 0. The summed E-state index contributed by atoms with van der Waals surface area (Å²) in [6.45, 7) is -1.18. The zero-order valence-electron chi connectivity index (χ0n) is 18.6. The molecule has 0 aliphatic carbocycles. The zero-order valence-corrected chi connectivity index (χ0v) is 23.4. The number of unbranched alkanes of at least 4 members (excludes halogenated alkanes) is 11. The topological polar surface area (TPSA) is 71.0 Å². The van der Waals surface area contributed by atoms with Crippen LogP contribution in [0.4, 0.5) is 0 Å². The van der Waals surface area contributed by atoms with Crippen LogP contribution in [0.3, 0.4) is 0 Å². The average molecular weight is 475 g/mol. The Bertz CT molecular complexity index is 447. The molecule has 1 fully saturated rings. The van der Waals surface area contributed by atoms with Gasteiger partial charge in [0.15, 0.2) is 6.29 Å². The molecular weight excluding hydrogens is 434 g/mol. The van der Waals surface area contributed by atoms with Crippen LogP contribution < -0.4 is 56.3 Å². The molecule has 1 N–H and O–H groups in total. The van der Waals surface area contributed by atoms with Crippen LogP contribution in [0, 0.1) is 0 Å². The van der Waals surface area contributed by atoms with Gasteiger partial charge in [0.05, 0.1) is 13.2 Å². The first-order chi connectivity index (χ1) is 13.5. The van der Waals surface area contributed by atoms with E-state index in [1.54, 1.807) is 0 Å². The molecule has 0 aromatic carbocycles. The molecule has 0 aromatic rings. The van der Waals surface area contributed by atoms with E-state index in [2.05, 4.69) is 30.9 Å². The van der Waals surface area contributed by atoms with Gasteiger partial charge in [0.2, 0.25) is 0 Å². The van der Waals surface area contributed by atoms with E-state index in [1.807, 2.05) is 0 Å². The number of hydrogen-bond donors (Lipinski definition) is 1. The van der Waals surface area contributed by atoms with Gasteiger partial charge >= 0.3 is 51.4 Å². The molecule has 0 saturated carbocycles. The van der Waals surface area contributed by atoms with E-state index in [9.17, 15) is 4.89 Å². The Kier molecular flexibility index (Phi) is 21.7. The van der Waals surface area contributed by atoms with Crippen LogP contribution in [-0.2, 0) is 25.8 Å². The molecule has 1 aliphatic rings. The van der Waals surface area contributed by atoms with Gasteiger partial charge in [-0.25, -0.2) is 0 Å². The van der Waals surface area contributed by atoms with Crippen molar-refractivity contribution in [1.29, 1.82) is 0 Å². The van der Waals surface area contributed by atoms with Crippen LogP contribution in [0.2, 0.25) is 0 Å². The standard InChI is InChI=1S/C21H41O5PS.K/c1-2-3-4-5-6-7-8-9-10-11-12-13-14-15-16-17-21-24-18-20(26-21)19-25-27(22,23)28;/h8-9,20-21H,2-7,10-19H2,1H3,(H2,22,23,28);/q;+1/p-1/b9-8+;/t20-,21-;/m0./s1. The van der Waals surface area contributed by atoms with Crippen molar-refractivity contribution < 1.29 is 75.2 Å². The Labute approximate surface area is 226 Å². The Morgan fingerprint density at radius 3 is 2.14 bits per heavy atom. The third kappa shape index (κ3) is 20.2. The van der Waals surface area contributed by atoms with Crippen molar-refractivity contribution in [2.75, 3.05) is 13.2 Å². The molecule has 3 atom stereocenters. The third-order valence-electron chi connectivity index (χ3n) is 4.94. The molecule has 1 aliphatic heterocycles. The van der Waals surface area contributed by atoms with E-state index < -0.39 is 6.72 Å². The predicted molar refractivity (Wildman–Crippen MR) is 117 cm³/mol. The second kappa shape index (κ2) is 20.4. The average Bonchev–Trinajstić information content (AvgIpc) is 3.10. The second-order valence-corrected chi connectivity index (χ2v) is 10.2. The summed E-state index contributed by atoms with van der Waals surface area (Å²) < 4.78 is 15.9. The molecule has 29 heavy (non-hydrogen) atoms. The predicted octanol–water partition coefficient (Wildman–Crippen LogP) is 2.36. The van der Waals surface area contributed by atoms with Gasteiger partial charge in [-0.2, -0.15) is 0 Å². The second-order valence-electron chi connectivity index (χ2n) is 7.66. The van der Waals surface area contributed by atoms with Crippen molar-refractivity contribution in [3.8, 4) is 0 Å². The minimum absolute atomic E-state index is 0. The fraction of sp³-hybridized carbons (Fsp3) is 0.905. The summed E-state index contributed by atoms with van der Waals surface area (Å²) in [5, 5.41) is 0. The monoisotopic (exact) mass is 474 g/mol. The van der Waals surface area contributed by atoms with Crippen LogP contribution in [0.25, 0.3) is 0 Å². The van der Waals surface area contributed by atoms with Crippen LogP contribution in [0.5, 0.6) is 0 Å². The van der Waals surface area contributed by atoms with E-state index in [1.165, 1.54) is 77.0 Å². The molecular formula is C21H40KO5PS. The van der Waals surface area contributed by atoms with E-state index in [-0.39, 0.29) is 70.4 Å². The summed E-state index contributed by atoms with van der Waals surface area (Å²) in [5.74, 6) is 0. The molecule has 0 bridgehead atoms. The number of rotatable bonds is 18. The van der Waals surface area contributed by atoms with Crippen LogP contribution in [-0.4, -0.2) is 30.5 Å². The molecule has 0 radical (unpaired) electrons. The molecule has 0 aromatic heterocycles. The first kappa shape index (κ1) is 30.8. The van der Waals surface area contributed by atoms with Crippen molar-refractivity contribution in [3.05, 3.63) is 12.2 Å². The molecule has 1 rings (SSSR count). The maximum absolute atomic E-state index is 10.9. The smallest absolute Gasteiger partial charge is 0.780 e. The molecule has 1 unspecified atom stereocenters. The zero-order chi connectivity index (χ0) is 20.5. The van der Waals surface area contributed by atoms with Crippen LogP contribution in [0.15, 0.2) is 12.2 Å². The summed E-state index contributed by atoms with van der Waals surface area (Å²) in [6.07, 6.45) is 21.7. The Morgan fingerprint density at radius 2 is 1.55 bits per heavy atom. The minimum Gasteiger partial charge on any atom is -0.780 e. The van der Waals surface area contributed by atoms with Gasteiger partial charge in [-0.1, -0.05) is 82.2 Å². The SMILES string of the molecule is CCCCCCC/C=C/CCCCCCCC[C@H]1OC[C@@H](COP([O-])(O)=S)O1.[K+]. The number of ether oxygens (including phenoxy) is 2. The van der Waals surface area contributed by atoms with E-state index in [0.29, 0.717) is 6.61 Å². The van der Waals surface area contributed by atoms with Gasteiger partial charge in [0.25, 0.3) is 0 Å². The van der Waals surface area contributed by atoms with E-state index in [4.69, 9.17) is 18.9 Å². The van der Waals surface area contributed by atoms with Gasteiger partial charge in [-0.05, 0) is 38.5 Å². The van der Waals surface area contributed by atoms with E-state index >= 15 is 0 Å². The Balaban J connectivity index is 0.00000784. The molecule has 1 heterocycles. The fourth-order valence-corrected chi connectivity index (χ4v) is 3.84. The Hall–Kier alpha value is 1.83. The van der Waals surface area contributed by atoms with Crippen LogP contribution >= 0.6 is 6.72 Å². The Morgan fingerprint density at radius 1 is 1.00 bits per heavy atom. The molecule has 1 saturated heterocycles. The van der Waals surface area contributed by atoms with Gasteiger partial charge in [0.1, 0.15) is 12.8 Å². The van der Waals surface area contributed by atoms with Gasteiger partial charge in [0, 0.05) is 0 Å². The maximum Gasteiger partial charge on any atom is 1.00 e. The minimum atomic E-state index is -3.85. The normalized spacial score (nSPS) is 21.3. The summed E-state index contributed by atoms with van der Waals surface area (Å²) >= 11 is 4.31. The van der Waals surface area contributed by atoms with Crippen molar-refractivity contribution in [2.24, 2.45) is 0 Å². The molecule has 5 nitrogen and oxygen atoms in total. The third-order valence-corrected chi connectivity index (χ3v) is 5.73. The van der Waals surface area contributed by atoms with Gasteiger partial charge < -0.3 is 23.8 Å². The van der Waals surface area contributed by atoms with E-state index in [0.717, 1.165) is 12.8 Å². The molecule has 166 valence electrons. The van der Waals surface area contributed by atoms with Crippen molar-refractivity contribution in [3.63, 3.8) is 0 Å². The fourth-order valence-electron chi connectivity index (χ4n) is 3.31. The maximum atomic E-state index is 10.9. The summed E-state index contributed by atoms with van der Waals surface area (Å²) in [4.78, 5) is 19.9. The van der Waals surface area contributed by atoms with Crippen LogP contribution in [0.1, 0.15) is 96.8 Å². The largest absolute Gasteiger partial charge is 1.00 e. The molecule has 0 amide bonds. The van der Waals surface area contributed by atoms with Gasteiger partial charge in [-0.3, -0.25) is 0 Å². The number of hydrogen-bond acceptors (Lipinski definition) is 5. The first-order valence-electron chi connectivity index (χ1n) is 11.1. The van der Waals surface area contributed by atoms with Crippen molar-refractivity contribution in [2.45, 2.75) is 109 Å². The summed E-state index contributed by atoms with van der Waals surface area (Å²) in [6, 6.07) is 0. The quantitative estimate of drug-likeness (QED) is 0.142. The summed E-state index contributed by atoms with van der Waals surface area (Å²) in [5.41, 5.74) is 0. The van der Waals surface area contributed by atoms with Gasteiger partial charge in [-0.15, -0.1) is 0 Å².